The van der Waals surface area contributed by atoms with Crippen LogP contribution in [-0.2, 0) is 16.0 Å². The summed E-state index contributed by atoms with van der Waals surface area (Å²) >= 11 is 0. The highest BCUT2D eigenvalue weighted by Crippen LogP contribution is 2.11. The first-order chi connectivity index (χ1) is 7.19. The molecule has 0 spiro atoms. The normalized spacial score (nSPS) is 9.40. The number of nitriles is 1. The van der Waals surface area contributed by atoms with Gasteiger partial charge in [-0.05, 0) is 13.0 Å². The molecule has 0 bridgehead atoms. The maximum absolute atomic E-state index is 13.2. The van der Waals surface area contributed by atoms with Crippen LogP contribution >= 0.6 is 0 Å². The Labute approximate surface area is 86.3 Å². The molecule has 0 saturated heterocycles. The summed E-state index contributed by atoms with van der Waals surface area (Å²) in [7, 11) is 0. The Hall–Kier alpha value is -1.96. The number of carbonyl (C=O) groups excluding carboxylic acids is 1. The average molecular weight is 208 g/mol. The molecule has 4 nitrogen and oxygen atoms in total. The van der Waals surface area contributed by atoms with Gasteiger partial charge in [-0.1, -0.05) is 0 Å². The van der Waals surface area contributed by atoms with Gasteiger partial charge in [0.25, 0.3) is 0 Å². The molecule has 0 amide bonds. The highest BCUT2D eigenvalue weighted by Gasteiger charge is 2.14. The Morgan fingerprint density at radius 2 is 2.47 bits per heavy atom. The smallest absolute Gasteiger partial charge is 0.310 e. The van der Waals surface area contributed by atoms with Crippen LogP contribution in [0.25, 0.3) is 0 Å². The van der Waals surface area contributed by atoms with Crippen LogP contribution in [-0.4, -0.2) is 17.6 Å². The van der Waals surface area contributed by atoms with Crippen molar-refractivity contribution in [1.29, 1.82) is 5.26 Å². The lowest BCUT2D eigenvalue weighted by atomic mass is 10.1. The van der Waals surface area contributed by atoms with E-state index in [0.717, 1.165) is 6.07 Å². The number of pyridine rings is 1. The maximum atomic E-state index is 13.2. The van der Waals surface area contributed by atoms with Crippen LogP contribution in [0.4, 0.5) is 4.39 Å². The molecule has 0 aliphatic carbocycles. The van der Waals surface area contributed by atoms with E-state index in [0.29, 0.717) is 0 Å². The molecular formula is C10H9FN2O2. The number of carbonyl (C=O) groups is 1. The van der Waals surface area contributed by atoms with Gasteiger partial charge in [0.2, 0.25) is 0 Å². The van der Waals surface area contributed by atoms with E-state index in [-0.39, 0.29) is 24.3 Å². The Bertz CT molecular complexity index is 412. The second-order valence-electron chi connectivity index (χ2n) is 2.71. The molecule has 0 aliphatic rings. The molecule has 0 saturated carbocycles. The average Bonchev–Trinajstić information content (AvgIpc) is 2.21. The fourth-order valence-electron chi connectivity index (χ4n) is 1.09. The third-order valence-electron chi connectivity index (χ3n) is 1.73. The molecule has 5 heteroatoms. The summed E-state index contributed by atoms with van der Waals surface area (Å²) in [4.78, 5) is 14.8. The number of hydrogen-bond donors (Lipinski definition) is 0. The van der Waals surface area contributed by atoms with Gasteiger partial charge >= 0.3 is 5.97 Å². The molecule has 1 aromatic heterocycles. The van der Waals surface area contributed by atoms with Gasteiger partial charge < -0.3 is 4.74 Å². The van der Waals surface area contributed by atoms with Gasteiger partial charge in [0.15, 0.2) is 0 Å². The molecule has 0 radical (unpaired) electrons. The fraction of sp³-hybridized carbons (Fsp3) is 0.300. The largest absolute Gasteiger partial charge is 0.466 e. The first-order valence-electron chi connectivity index (χ1n) is 4.38. The SMILES string of the molecule is CCOC(=O)Cc1c(F)ccnc1C#N. The molecule has 0 N–H and O–H groups in total. The minimum absolute atomic E-state index is 0.0153. The van der Waals surface area contributed by atoms with Crippen LogP contribution in [0.1, 0.15) is 18.2 Å². The van der Waals surface area contributed by atoms with Crippen molar-refractivity contribution < 1.29 is 13.9 Å². The first-order valence-corrected chi connectivity index (χ1v) is 4.38. The predicted molar refractivity (Wildman–Crippen MR) is 49.2 cm³/mol. The van der Waals surface area contributed by atoms with E-state index in [9.17, 15) is 9.18 Å². The Morgan fingerprint density at radius 3 is 3.07 bits per heavy atom. The second kappa shape index (κ2) is 5.05. The third kappa shape index (κ3) is 2.74. The van der Waals surface area contributed by atoms with Crippen molar-refractivity contribution in [1.82, 2.24) is 4.98 Å². The van der Waals surface area contributed by atoms with Crippen LogP contribution < -0.4 is 0 Å². The third-order valence-corrected chi connectivity index (χ3v) is 1.73. The van der Waals surface area contributed by atoms with E-state index in [1.165, 1.54) is 6.20 Å². The highest BCUT2D eigenvalue weighted by atomic mass is 19.1. The molecule has 1 aromatic rings. The van der Waals surface area contributed by atoms with E-state index in [1.807, 2.05) is 0 Å². The summed E-state index contributed by atoms with van der Waals surface area (Å²) in [5.41, 5.74) is -0.0958. The Morgan fingerprint density at radius 1 is 1.73 bits per heavy atom. The van der Waals surface area contributed by atoms with Crippen molar-refractivity contribution in [2.75, 3.05) is 6.61 Å². The first kappa shape index (κ1) is 11.1. The lowest BCUT2D eigenvalue weighted by molar-refractivity contribution is -0.142. The predicted octanol–water partition coefficient (Wildman–Crippen LogP) is 1.20. The minimum Gasteiger partial charge on any atom is -0.466 e. The number of nitrogens with zero attached hydrogens (tertiary/aromatic N) is 2. The van der Waals surface area contributed by atoms with Crippen LogP contribution in [0.15, 0.2) is 12.3 Å². The van der Waals surface area contributed by atoms with Gasteiger partial charge in [0, 0.05) is 11.8 Å². The second-order valence-corrected chi connectivity index (χ2v) is 2.71. The summed E-state index contributed by atoms with van der Waals surface area (Å²) in [6.45, 7) is 1.88. The summed E-state index contributed by atoms with van der Waals surface area (Å²) < 4.78 is 17.9. The number of aromatic nitrogens is 1. The monoisotopic (exact) mass is 208 g/mol. The number of esters is 1. The van der Waals surface area contributed by atoms with Crippen molar-refractivity contribution in [2.24, 2.45) is 0 Å². The molecule has 1 heterocycles. The number of rotatable bonds is 3. The van der Waals surface area contributed by atoms with Gasteiger partial charge in [0.1, 0.15) is 17.6 Å². The van der Waals surface area contributed by atoms with Crippen molar-refractivity contribution in [3.63, 3.8) is 0 Å². The standard InChI is InChI=1S/C10H9FN2O2/c1-2-15-10(14)5-7-8(11)3-4-13-9(7)6-12/h3-4H,2,5H2,1H3. The van der Waals surface area contributed by atoms with E-state index < -0.39 is 11.8 Å². The highest BCUT2D eigenvalue weighted by molar-refractivity contribution is 5.73. The van der Waals surface area contributed by atoms with Crippen LogP contribution in [0.2, 0.25) is 0 Å². The van der Waals surface area contributed by atoms with E-state index in [4.69, 9.17) is 5.26 Å². The van der Waals surface area contributed by atoms with Crippen molar-refractivity contribution in [3.8, 4) is 6.07 Å². The van der Waals surface area contributed by atoms with Crippen LogP contribution in [0.3, 0.4) is 0 Å². The number of hydrogen-bond acceptors (Lipinski definition) is 4. The topological polar surface area (TPSA) is 63.0 Å². The molecule has 1 rings (SSSR count). The molecule has 0 aliphatic heterocycles. The molecule has 0 aromatic carbocycles. The summed E-state index contributed by atoms with van der Waals surface area (Å²) in [6, 6.07) is 2.83. The number of halogens is 1. The molecule has 0 atom stereocenters. The van der Waals surface area contributed by atoms with Gasteiger partial charge in [-0.2, -0.15) is 5.26 Å². The fourth-order valence-corrected chi connectivity index (χ4v) is 1.09. The summed E-state index contributed by atoms with van der Waals surface area (Å²) in [6.07, 6.45) is 0.916. The van der Waals surface area contributed by atoms with Gasteiger partial charge in [0.05, 0.1) is 13.0 Å². The van der Waals surface area contributed by atoms with Crippen molar-refractivity contribution in [3.05, 3.63) is 29.3 Å². The van der Waals surface area contributed by atoms with Gasteiger partial charge in [-0.25, -0.2) is 9.37 Å². The number of ether oxygens (including phenoxy) is 1. The van der Waals surface area contributed by atoms with Crippen molar-refractivity contribution >= 4 is 5.97 Å². The Kier molecular flexibility index (Phi) is 3.75. The zero-order valence-electron chi connectivity index (χ0n) is 8.16. The van der Waals surface area contributed by atoms with Crippen LogP contribution in [0.5, 0.6) is 0 Å². The molecule has 15 heavy (non-hydrogen) atoms. The molecular weight excluding hydrogens is 199 g/mol. The molecule has 0 fully saturated rings. The van der Waals surface area contributed by atoms with E-state index >= 15 is 0 Å². The zero-order valence-corrected chi connectivity index (χ0v) is 8.16. The van der Waals surface area contributed by atoms with E-state index in [1.54, 1.807) is 13.0 Å². The summed E-state index contributed by atoms with van der Waals surface area (Å²) in [5, 5.41) is 8.65. The van der Waals surface area contributed by atoms with Gasteiger partial charge in [-0.15, -0.1) is 0 Å². The van der Waals surface area contributed by atoms with Crippen LogP contribution in [0, 0.1) is 17.1 Å². The molecule has 0 unspecified atom stereocenters. The maximum Gasteiger partial charge on any atom is 0.310 e. The zero-order chi connectivity index (χ0) is 11.3. The Balaban J connectivity index is 2.94. The van der Waals surface area contributed by atoms with Gasteiger partial charge in [-0.3, -0.25) is 4.79 Å². The molecule has 78 valence electrons. The lowest BCUT2D eigenvalue weighted by Crippen LogP contribution is -2.11. The van der Waals surface area contributed by atoms with E-state index in [2.05, 4.69) is 9.72 Å². The lowest BCUT2D eigenvalue weighted by Gasteiger charge is -2.04. The quantitative estimate of drug-likeness (QED) is 0.700. The summed E-state index contributed by atoms with van der Waals surface area (Å²) in [5.74, 6) is -1.18. The minimum atomic E-state index is -0.616. The van der Waals surface area contributed by atoms with Crippen molar-refractivity contribution in [2.45, 2.75) is 13.3 Å².